The molecule has 0 radical (unpaired) electrons. The molecule has 0 atom stereocenters. The zero-order valence-corrected chi connectivity index (χ0v) is 13.7. The zero-order chi connectivity index (χ0) is 15.8. The molecule has 0 aromatic heterocycles. The lowest BCUT2D eigenvalue weighted by atomic mass is 10.1. The Hall–Kier alpha value is -1.53. The normalized spacial score (nSPS) is 14.7. The number of rotatable bonds is 6. The molecule has 2 N–H and O–H groups in total. The Morgan fingerprint density at radius 3 is 2.77 bits per heavy atom. The number of nitrogens with zero attached hydrogens (tertiary/aromatic N) is 1. The number of carbonyl (C=O) groups excluding carboxylic acids is 2. The standard InChI is InChI=1S/C16H23N3O2S/c1-17-7-3-6-15(20)18-14-5-2-4-13(12-14)16(21)19-8-10-22-11-9-19/h2,4-5,12,17H,3,6-11H2,1H3,(H,18,20). The fraction of sp³-hybridized carbons (Fsp3) is 0.500. The molecule has 120 valence electrons. The van der Waals surface area contributed by atoms with Gasteiger partial charge in [0.05, 0.1) is 0 Å². The second kappa shape index (κ2) is 8.80. The van der Waals surface area contributed by atoms with Crippen LogP contribution >= 0.6 is 11.8 Å². The average molecular weight is 321 g/mol. The van der Waals surface area contributed by atoms with Crippen LogP contribution in [0.15, 0.2) is 24.3 Å². The Labute approximate surface area is 135 Å². The maximum absolute atomic E-state index is 12.4. The number of hydrogen-bond donors (Lipinski definition) is 2. The number of anilines is 1. The minimum absolute atomic E-state index is 0.0192. The lowest BCUT2D eigenvalue weighted by Gasteiger charge is -2.26. The van der Waals surface area contributed by atoms with Crippen LogP contribution in [0.1, 0.15) is 23.2 Å². The van der Waals surface area contributed by atoms with Gasteiger partial charge in [-0.3, -0.25) is 9.59 Å². The highest BCUT2D eigenvalue weighted by Gasteiger charge is 2.18. The van der Waals surface area contributed by atoms with Gasteiger partial charge in [-0.05, 0) is 38.2 Å². The van der Waals surface area contributed by atoms with E-state index < -0.39 is 0 Å². The molecule has 22 heavy (non-hydrogen) atoms. The largest absolute Gasteiger partial charge is 0.337 e. The second-order valence-electron chi connectivity index (χ2n) is 5.24. The molecule has 0 spiro atoms. The number of carbonyl (C=O) groups is 2. The molecule has 0 unspecified atom stereocenters. The Morgan fingerprint density at radius 1 is 1.27 bits per heavy atom. The molecule has 1 fully saturated rings. The Kier molecular flexibility index (Phi) is 6.74. The first-order valence-electron chi connectivity index (χ1n) is 7.62. The molecule has 2 rings (SSSR count). The van der Waals surface area contributed by atoms with E-state index in [0.29, 0.717) is 17.7 Å². The van der Waals surface area contributed by atoms with Crippen LogP contribution in [0.4, 0.5) is 5.69 Å². The van der Waals surface area contributed by atoms with Crippen molar-refractivity contribution in [2.45, 2.75) is 12.8 Å². The summed E-state index contributed by atoms with van der Waals surface area (Å²) in [5.74, 6) is 2.02. The number of benzene rings is 1. The van der Waals surface area contributed by atoms with Crippen LogP contribution in [0.2, 0.25) is 0 Å². The third-order valence-electron chi connectivity index (χ3n) is 3.52. The van der Waals surface area contributed by atoms with Crippen LogP contribution in [-0.2, 0) is 4.79 Å². The van der Waals surface area contributed by atoms with E-state index in [9.17, 15) is 9.59 Å². The second-order valence-corrected chi connectivity index (χ2v) is 6.47. The summed E-state index contributed by atoms with van der Waals surface area (Å²) in [6.45, 7) is 2.41. The summed E-state index contributed by atoms with van der Waals surface area (Å²) < 4.78 is 0. The van der Waals surface area contributed by atoms with Crippen molar-refractivity contribution < 1.29 is 9.59 Å². The monoisotopic (exact) mass is 321 g/mol. The van der Waals surface area contributed by atoms with Crippen LogP contribution in [-0.4, -0.2) is 54.9 Å². The van der Waals surface area contributed by atoms with E-state index in [4.69, 9.17) is 0 Å². The van der Waals surface area contributed by atoms with Crippen molar-refractivity contribution in [1.29, 1.82) is 0 Å². The number of nitrogens with one attached hydrogen (secondary N) is 2. The quantitative estimate of drug-likeness (QED) is 0.785. The minimum atomic E-state index is -0.0192. The highest BCUT2D eigenvalue weighted by Crippen LogP contribution is 2.16. The molecular formula is C16H23N3O2S. The number of amides is 2. The van der Waals surface area contributed by atoms with Gasteiger partial charge in [-0.15, -0.1) is 0 Å². The molecular weight excluding hydrogens is 298 g/mol. The zero-order valence-electron chi connectivity index (χ0n) is 12.9. The highest BCUT2D eigenvalue weighted by atomic mass is 32.2. The van der Waals surface area contributed by atoms with Crippen molar-refractivity contribution in [2.24, 2.45) is 0 Å². The summed E-state index contributed by atoms with van der Waals surface area (Å²) in [6, 6.07) is 7.20. The molecule has 0 saturated carbocycles. The van der Waals surface area contributed by atoms with Gasteiger partial charge in [0.15, 0.2) is 0 Å². The van der Waals surface area contributed by atoms with Crippen LogP contribution < -0.4 is 10.6 Å². The van der Waals surface area contributed by atoms with Gasteiger partial charge >= 0.3 is 0 Å². The van der Waals surface area contributed by atoms with Crippen molar-refractivity contribution in [3.8, 4) is 0 Å². The van der Waals surface area contributed by atoms with E-state index in [1.165, 1.54) is 0 Å². The SMILES string of the molecule is CNCCCC(=O)Nc1cccc(C(=O)N2CCSCC2)c1. The molecule has 0 bridgehead atoms. The maximum atomic E-state index is 12.4. The van der Waals surface area contributed by atoms with Gasteiger partial charge < -0.3 is 15.5 Å². The smallest absolute Gasteiger partial charge is 0.253 e. The Morgan fingerprint density at radius 2 is 2.05 bits per heavy atom. The molecule has 5 nitrogen and oxygen atoms in total. The van der Waals surface area contributed by atoms with E-state index in [2.05, 4.69) is 10.6 Å². The minimum Gasteiger partial charge on any atom is -0.337 e. The number of hydrogen-bond acceptors (Lipinski definition) is 4. The third-order valence-corrected chi connectivity index (χ3v) is 4.46. The van der Waals surface area contributed by atoms with E-state index >= 15 is 0 Å². The fourth-order valence-corrected chi connectivity index (χ4v) is 3.23. The summed E-state index contributed by atoms with van der Waals surface area (Å²) >= 11 is 1.88. The molecule has 6 heteroatoms. The Bertz CT molecular complexity index is 516. The topological polar surface area (TPSA) is 61.4 Å². The van der Waals surface area contributed by atoms with Crippen molar-refractivity contribution in [1.82, 2.24) is 10.2 Å². The molecule has 1 saturated heterocycles. The molecule has 1 heterocycles. The van der Waals surface area contributed by atoms with E-state index in [-0.39, 0.29) is 11.8 Å². The van der Waals surface area contributed by atoms with Gasteiger partial charge in [-0.2, -0.15) is 11.8 Å². The molecule has 1 aliphatic rings. The Balaban J connectivity index is 1.94. The van der Waals surface area contributed by atoms with Gasteiger partial charge in [0, 0.05) is 42.3 Å². The van der Waals surface area contributed by atoms with Crippen LogP contribution in [0.25, 0.3) is 0 Å². The van der Waals surface area contributed by atoms with Gasteiger partial charge in [-0.1, -0.05) is 6.07 Å². The van der Waals surface area contributed by atoms with Crippen molar-refractivity contribution >= 4 is 29.3 Å². The van der Waals surface area contributed by atoms with Crippen LogP contribution in [0, 0.1) is 0 Å². The molecule has 1 aromatic carbocycles. The maximum Gasteiger partial charge on any atom is 0.253 e. The molecule has 1 aliphatic heterocycles. The first kappa shape index (κ1) is 16.8. The average Bonchev–Trinajstić information content (AvgIpc) is 2.55. The van der Waals surface area contributed by atoms with Gasteiger partial charge in [0.2, 0.25) is 5.91 Å². The lowest BCUT2D eigenvalue weighted by molar-refractivity contribution is -0.116. The summed E-state index contributed by atoms with van der Waals surface area (Å²) in [6.07, 6.45) is 1.27. The summed E-state index contributed by atoms with van der Waals surface area (Å²) in [4.78, 5) is 26.2. The number of thioether (sulfide) groups is 1. The van der Waals surface area contributed by atoms with Crippen LogP contribution in [0.5, 0.6) is 0 Å². The van der Waals surface area contributed by atoms with Crippen molar-refractivity contribution in [3.05, 3.63) is 29.8 Å². The van der Waals surface area contributed by atoms with E-state index in [0.717, 1.165) is 37.6 Å². The summed E-state index contributed by atoms with van der Waals surface area (Å²) in [5.41, 5.74) is 1.33. The lowest BCUT2D eigenvalue weighted by Crippen LogP contribution is -2.37. The van der Waals surface area contributed by atoms with Crippen molar-refractivity contribution in [2.75, 3.05) is 43.5 Å². The van der Waals surface area contributed by atoms with Crippen LogP contribution in [0.3, 0.4) is 0 Å². The third kappa shape index (κ3) is 5.03. The predicted molar refractivity (Wildman–Crippen MR) is 91.5 cm³/mol. The van der Waals surface area contributed by atoms with Gasteiger partial charge in [0.1, 0.15) is 0 Å². The van der Waals surface area contributed by atoms with Gasteiger partial charge in [0.25, 0.3) is 5.91 Å². The van der Waals surface area contributed by atoms with E-state index in [1.54, 1.807) is 12.1 Å². The van der Waals surface area contributed by atoms with E-state index in [1.807, 2.05) is 35.8 Å². The summed E-state index contributed by atoms with van der Waals surface area (Å²) in [5, 5.41) is 5.87. The highest BCUT2D eigenvalue weighted by molar-refractivity contribution is 7.99. The first-order chi connectivity index (χ1) is 10.7. The summed E-state index contributed by atoms with van der Waals surface area (Å²) in [7, 11) is 1.87. The first-order valence-corrected chi connectivity index (χ1v) is 8.77. The predicted octanol–water partition coefficient (Wildman–Crippen LogP) is 1.81. The molecule has 0 aliphatic carbocycles. The van der Waals surface area contributed by atoms with Crippen molar-refractivity contribution in [3.63, 3.8) is 0 Å². The molecule has 2 amide bonds. The molecule has 1 aromatic rings. The fourth-order valence-electron chi connectivity index (χ4n) is 2.33. The van der Waals surface area contributed by atoms with Gasteiger partial charge in [-0.25, -0.2) is 0 Å².